The number of nitrogens with zero attached hydrogens (tertiary/aromatic N) is 1. The van der Waals surface area contributed by atoms with E-state index in [1.165, 1.54) is 6.07 Å². The average molecular weight is 380 g/mol. The first kappa shape index (κ1) is 19.3. The third-order valence-electron chi connectivity index (χ3n) is 5.71. The molecular formula is C19H29N3O3S. The molecule has 1 heterocycles. The molecule has 0 radical (unpaired) electrons. The third kappa shape index (κ3) is 3.80. The van der Waals surface area contributed by atoms with Gasteiger partial charge in [0.2, 0.25) is 10.0 Å². The Bertz CT molecular complexity index is 764. The third-order valence-corrected chi connectivity index (χ3v) is 7.75. The fourth-order valence-electron chi connectivity index (χ4n) is 4.01. The molecule has 1 aromatic carbocycles. The van der Waals surface area contributed by atoms with Gasteiger partial charge in [0.25, 0.3) is 5.91 Å². The van der Waals surface area contributed by atoms with Crippen LogP contribution in [0.4, 0.5) is 0 Å². The second-order valence-corrected chi connectivity index (χ2v) is 9.50. The summed E-state index contributed by atoms with van der Waals surface area (Å²) < 4.78 is 27.6. The number of nitrogens with two attached hydrogens (primary N) is 1. The van der Waals surface area contributed by atoms with Crippen molar-refractivity contribution in [1.29, 1.82) is 0 Å². The van der Waals surface area contributed by atoms with E-state index in [0.29, 0.717) is 30.8 Å². The first-order valence-electron chi connectivity index (χ1n) is 9.51. The van der Waals surface area contributed by atoms with Crippen LogP contribution >= 0.6 is 0 Å². The molecule has 0 aromatic heterocycles. The van der Waals surface area contributed by atoms with Crippen molar-refractivity contribution in [2.75, 3.05) is 19.6 Å². The summed E-state index contributed by atoms with van der Waals surface area (Å²) in [5.41, 5.74) is 6.59. The molecule has 1 saturated heterocycles. The standard InChI is InChI=1S/C19H29N3O3S/c1-15-7-8-16(18(23)21-19(14-20)9-3-4-10-19)13-17(15)26(24,25)22-11-5-2-6-12-22/h7-8,13H,2-6,9-12,14,20H2,1H3,(H,21,23). The highest BCUT2D eigenvalue weighted by Crippen LogP contribution is 2.29. The molecule has 144 valence electrons. The minimum atomic E-state index is -3.57. The number of nitrogens with one attached hydrogen (secondary N) is 1. The number of rotatable bonds is 5. The zero-order chi connectivity index (χ0) is 18.8. The second-order valence-electron chi connectivity index (χ2n) is 7.59. The van der Waals surface area contributed by atoms with Crippen LogP contribution in [-0.4, -0.2) is 43.8 Å². The van der Waals surface area contributed by atoms with Gasteiger partial charge < -0.3 is 11.1 Å². The van der Waals surface area contributed by atoms with Crippen molar-refractivity contribution in [3.05, 3.63) is 29.3 Å². The molecule has 1 amide bonds. The Morgan fingerprint density at radius 3 is 2.42 bits per heavy atom. The van der Waals surface area contributed by atoms with Crippen LogP contribution in [0.2, 0.25) is 0 Å². The molecular weight excluding hydrogens is 350 g/mol. The maximum Gasteiger partial charge on any atom is 0.251 e. The number of carbonyl (C=O) groups is 1. The fourth-order valence-corrected chi connectivity index (χ4v) is 5.78. The predicted molar refractivity (Wildman–Crippen MR) is 102 cm³/mol. The van der Waals surface area contributed by atoms with Crippen molar-refractivity contribution in [1.82, 2.24) is 9.62 Å². The number of carbonyl (C=O) groups excluding carboxylic acids is 1. The molecule has 2 fully saturated rings. The molecule has 6 nitrogen and oxygen atoms in total. The van der Waals surface area contributed by atoms with Crippen LogP contribution in [0.5, 0.6) is 0 Å². The van der Waals surface area contributed by atoms with Gasteiger partial charge in [0.05, 0.1) is 10.4 Å². The van der Waals surface area contributed by atoms with Gasteiger partial charge in [-0.15, -0.1) is 0 Å². The van der Waals surface area contributed by atoms with E-state index in [-0.39, 0.29) is 16.3 Å². The Morgan fingerprint density at radius 1 is 1.15 bits per heavy atom. The molecule has 3 rings (SSSR count). The van der Waals surface area contributed by atoms with Crippen LogP contribution in [0.25, 0.3) is 0 Å². The largest absolute Gasteiger partial charge is 0.345 e. The molecule has 2 aliphatic rings. The van der Waals surface area contributed by atoms with Gasteiger partial charge in [-0.05, 0) is 50.3 Å². The van der Waals surface area contributed by atoms with Crippen LogP contribution in [-0.2, 0) is 10.0 Å². The van der Waals surface area contributed by atoms with E-state index in [2.05, 4.69) is 5.32 Å². The van der Waals surface area contributed by atoms with Crippen molar-refractivity contribution >= 4 is 15.9 Å². The first-order valence-corrected chi connectivity index (χ1v) is 11.0. The van der Waals surface area contributed by atoms with E-state index in [9.17, 15) is 13.2 Å². The number of sulfonamides is 1. The topological polar surface area (TPSA) is 92.5 Å². The van der Waals surface area contributed by atoms with E-state index in [0.717, 1.165) is 44.9 Å². The Kier molecular flexibility index (Phi) is 5.69. The first-order chi connectivity index (χ1) is 12.4. The molecule has 1 saturated carbocycles. The molecule has 0 bridgehead atoms. The van der Waals surface area contributed by atoms with E-state index in [1.54, 1.807) is 23.4 Å². The molecule has 7 heteroatoms. The molecule has 0 atom stereocenters. The Morgan fingerprint density at radius 2 is 1.81 bits per heavy atom. The molecule has 0 spiro atoms. The maximum absolute atomic E-state index is 13.0. The van der Waals surface area contributed by atoms with Gasteiger partial charge >= 0.3 is 0 Å². The number of aryl methyl sites for hydroxylation is 1. The number of piperidine rings is 1. The monoisotopic (exact) mass is 379 g/mol. The zero-order valence-electron chi connectivity index (χ0n) is 15.5. The van der Waals surface area contributed by atoms with Crippen molar-refractivity contribution in [2.45, 2.75) is 62.3 Å². The molecule has 1 aromatic rings. The van der Waals surface area contributed by atoms with Crippen molar-refractivity contribution in [2.24, 2.45) is 5.73 Å². The van der Waals surface area contributed by atoms with Gasteiger partial charge in [0.15, 0.2) is 0 Å². The van der Waals surface area contributed by atoms with Crippen molar-refractivity contribution in [3.63, 3.8) is 0 Å². The van der Waals surface area contributed by atoms with Gasteiger partial charge in [0.1, 0.15) is 0 Å². The lowest BCUT2D eigenvalue weighted by Gasteiger charge is -2.29. The van der Waals surface area contributed by atoms with Crippen molar-refractivity contribution < 1.29 is 13.2 Å². The van der Waals surface area contributed by atoms with Crippen molar-refractivity contribution in [3.8, 4) is 0 Å². The van der Waals surface area contributed by atoms with Gasteiger partial charge in [0, 0.05) is 25.2 Å². The number of hydrogen-bond acceptors (Lipinski definition) is 4. The summed E-state index contributed by atoms with van der Waals surface area (Å²) in [6, 6.07) is 4.93. The normalized spacial score (nSPS) is 20.8. The Balaban J connectivity index is 1.86. The highest BCUT2D eigenvalue weighted by atomic mass is 32.2. The summed E-state index contributed by atoms with van der Waals surface area (Å²) in [6.07, 6.45) is 6.70. The van der Waals surface area contributed by atoms with Gasteiger partial charge in [-0.1, -0.05) is 25.3 Å². The second kappa shape index (κ2) is 7.66. The quantitative estimate of drug-likeness (QED) is 0.820. The smallest absolute Gasteiger partial charge is 0.251 e. The Labute approximate surface area is 156 Å². The molecule has 26 heavy (non-hydrogen) atoms. The van der Waals surface area contributed by atoms with Gasteiger partial charge in [-0.3, -0.25) is 4.79 Å². The molecule has 0 unspecified atom stereocenters. The highest BCUT2D eigenvalue weighted by Gasteiger charge is 2.34. The SMILES string of the molecule is Cc1ccc(C(=O)NC2(CN)CCCC2)cc1S(=O)(=O)N1CCCCC1. The maximum atomic E-state index is 13.0. The van der Waals surface area contributed by atoms with E-state index in [1.807, 2.05) is 0 Å². The molecule has 1 aliphatic heterocycles. The van der Waals surface area contributed by atoms with E-state index in [4.69, 9.17) is 5.73 Å². The minimum absolute atomic E-state index is 0.236. The van der Waals surface area contributed by atoms with Crippen LogP contribution < -0.4 is 11.1 Å². The van der Waals surface area contributed by atoms with Gasteiger partial charge in [-0.25, -0.2) is 8.42 Å². The summed E-state index contributed by atoms with van der Waals surface area (Å²) >= 11 is 0. The number of amides is 1. The molecule has 3 N–H and O–H groups in total. The summed E-state index contributed by atoms with van der Waals surface area (Å²) in [5, 5.41) is 3.06. The van der Waals surface area contributed by atoms with Crippen LogP contribution in [0, 0.1) is 6.92 Å². The van der Waals surface area contributed by atoms with Crippen LogP contribution in [0.15, 0.2) is 23.1 Å². The predicted octanol–water partition coefficient (Wildman–Crippen LogP) is 2.17. The van der Waals surface area contributed by atoms with Crippen LogP contribution in [0.3, 0.4) is 0 Å². The lowest BCUT2D eigenvalue weighted by Crippen LogP contribution is -2.51. The lowest BCUT2D eigenvalue weighted by molar-refractivity contribution is 0.0903. The van der Waals surface area contributed by atoms with Gasteiger partial charge in [-0.2, -0.15) is 4.31 Å². The highest BCUT2D eigenvalue weighted by molar-refractivity contribution is 7.89. The fraction of sp³-hybridized carbons (Fsp3) is 0.632. The average Bonchev–Trinajstić information content (AvgIpc) is 3.11. The Hall–Kier alpha value is -1.44. The van der Waals surface area contributed by atoms with E-state index < -0.39 is 10.0 Å². The summed E-state index contributed by atoms with van der Waals surface area (Å²) in [4.78, 5) is 13.0. The minimum Gasteiger partial charge on any atom is -0.345 e. The van der Waals surface area contributed by atoms with E-state index >= 15 is 0 Å². The summed E-state index contributed by atoms with van der Waals surface area (Å²) in [5.74, 6) is -0.243. The lowest BCUT2D eigenvalue weighted by atomic mass is 9.97. The summed E-state index contributed by atoms with van der Waals surface area (Å²) in [6.45, 7) is 3.28. The summed E-state index contributed by atoms with van der Waals surface area (Å²) in [7, 11) is -3.57. The van der Waals surface area contributed by atoms with Crippen LogP contribution in [0.1, 0.15) is 60.9 Å². The zero-order valence-corrected chi connectivity index (χ0v) is 16.3. The molecule has 1 aliphatic carbocycles. The number of hydrogen-bond donors (Lipinski definition) is 2. The number of benzene rings is 1.